The van der Waals surface area contributed by atoms with E-state index in [1.54, 1.807) is 35.0 Å². The molecule has 178 valence electrons. The van der Waals surface area contributed by atoms with Crippen LogP contribution < -0.4 is 10.5 Å². The fourth-order valence-electron chi connectivity index (χ4n) is 4.76. The van der Waals surface area contributed by atoms with Crippen LogP contribution in [0.15, 0.2) is 71.9 Å². The van der Waals surface area contributed by atoms with E-state index in [0.717, 1.165) is 10.9 Å². The van der Waals surface area contributed by atoms with Crippen molar-refractivity contribution < 1.29 is 4.79 Å². The first kappa shape index (κ1) is 21.7. The highest BCUT2D eigenvalue weighted by Gasteiger charge is 2.28. The molecular formula is C26H22N8O2. The minimum Gasteiger partial charge on any atom is -0.339 e. The molecule has 2 aromatic carbocycles. The summed E-state index contributed by atoms with van der Waals surface area (Å²) in [5.74, 6) is 0.0700. The van der Waals surface area contributed by atoms with Gasteiger partial charge in [0.2, 0.25) is 0 Å². The first-order valence-electron chi connectivity index (χ1n) is 11.5. The highest BCUT2D eigenvalue weighted by molar-refractivity contribution is 6.20. The lowest BCUT2D eigenvalue weighted by molar-refractivity contribution is 0.0983. The molecule has 0 aliphatic heterocycles. The minimum atomic E-state index is -0.368. The van der Waals surface area contributed by atoms with Gasteiger partial charge >= 0.3 is 0 Å². The van der Waals surface area contributed by atoms with Gasteiger partial charge in [-0.2, -0.15) is 14.9 Å². The van der Waals surface area contributed by atoms with E-state index in [4.69, 9.17) is 0 Å². The molecule has 10 nitrogen and oxygen atoms in total. The van der Waals surface area contributed by atoms with Crippen LogP contribution in [-0.2, 0) is 14.1 Å². The van der Waals surface area contributed by atoms with Gasteiger partial charge in [0.05, 0.1) is 17.3 Å². The fourth-order valence-corrected chi connectivity index (χ4v) is 4.76. The van der Waals surface area contributed by atoms with Crippen LogP contribution in [0.5, 0.6) is 0 Å². The number of anilines is 1. The van der Waals surface area contributed by atoms with Crippen LogP contribution in [0.3, 0.4) is 0 Å². The number of aryl methyl sites for hydroxylation is 2. The second-order valence-corrected chi connectivity index (χ2v) is 8.45. The number of carbonyl (C=O) groups is 1. The molecule has 0 fully saturated rings. The molecule has 36 heavy (non-hydrogen) atoms. The summed E-state index contributed by atoms with van der Waals surface area (Å²) in [7, 11) is 3.62. The maximum Gasteiger partial charge on any atom is 0.296 e. The summed E-state index contributed by atoms with van der Waals surface area (Å²) >= 11 is 0. The Kier molecular flexibility index (Phi) is 4.89. The Morgan fingerprint density at radius 1 is 0.972 bits per heavy atom. The van der Waals surface area contributed by atoms with E-state index in [0.29, 0.717) is 40.0 Å². The van der Waals surface area contributed by atoms with Gasteiger partial charge in [-0.1, -0.05) is 36.4 Å². The maximum atomic E-state index is 14.2. The van der Waals surface area contributed by atoms with Crippen molar-refractivity contribution in [1.29, 1.82) is 0 Å². The minimum absolute atomic E-state index is 0.169. The Labute approximate surface area is 205 Å². The molecule has 0 radical (unpaired) electrons. The van der Waals surface area contributed by atoms with E-state index < -0.39 is 0 Å². The number of hydrogen-bond donors (Lipinski definition) is 0. The van der Waals surface area contributed by atoms with Gasteiger partial charge in [-0.25, -0.2) is 9.97 Å². The maximum absolute atomic E-state index is 14.2. The van der Waals surface area contributed by atoms with Gasteiger partial charge in [0.1, 0.15) is 17.7 Å². The Hall–Kier alpha value is -4.86. The van der Waals surface area contributed by atoms with Gasteiger partial charge in [-0.3, -0.25) is 19.2 Å². The monoisotopic (exact) mass is 478 g/mol. The average molecular weight is 479 g/mol. The lowest BCUT2D eigenvalue weighted by Crippen LogP contribution is -2.35. The van der Waals surface area contributed by atoms with Crippen LogP contribution in [0, 0.1) is 0 Å². The predicted molar refractivity (Wildman–Crippen MR) is 137 cm³/mol. The van der Waals surface area contributed by atoms with Crippen molar-refractivity contribution >= 4 is 44.6 Å². The van der Waals surface area contributed by atoms with Crippen molar-refractivity contribution in [2.24, 2.45) is 14.1 Å². The first-order chi connectivity index (χ1) is 17.5. The third kappa shape index (κ3) is 3.04. The number of aromatic nitrogens is 7. The summed E-state index contributed by atoms with van der Waals surface area (Å²) in [5, 5.41) is 10.9. The number of benzene rings is 2. The van der Waals surface area contributed by atoms with Crippen molar-refractivity contribution in [2.75, 3.05) is 11.4 Å². The van der Waals surface area contributed by atoms with E-state index in [-0.39, 0.29) is 17.2 Å². The Morgan fingerprint density at radius 3 is 2.50 bits per heavy atom. The second kappa shape index (κ2) is 8.12. The summed E-state index contributed by atoms with van der Waals surface area (Å²) in [5.41, 5.74) is 2.30. The molecule has 0 bridgehead atoms. The predicted octanol–water partition coefficient (Wildman–Crippen LogP) is 3.22. The van der Waals surface area contributed by atoms with Crippen molar-refractivity contribution in [3.63, 3.8) is 0 Å². The van der Waals surface area contributed by atoms with E-state index in [1.165, 1.54) is 11.0 Å². The molecule has 4 aromatic heterocycles. The number of carbonyl (C=O) groups excluding carboxylic acids is 1. The smallest absolute Gasteiger partial charge is 0.296 e. The Morgan fingerprint density at radius 2 is 1.72 bits per heavy atom. The molecule has 0 unspecified atom stereocenters. The average Bonchev–Trinajstić information content (AvgIpc) is 3.44. The zero-order chi connectivity index (χ0) is 25.0. The number of hydrogen-bond acceptors (Lipinski definition) is 6. The molecule has 1 amide bonds. The summed E-state index contributed by atoms with van der Waals surface area (Å²) in [4.78, 5) is 38.2. The number of fused-ring (bicyclic) bond motifs is 4. The molecular weight excluding hydrogens is 456 g/mol. The summed E-state index contributed by atoms with van der Waals surface area (Å²) in [6.07, 6.45) is 3.06. The molecule has 4 heterocycles. The quantitative estimate of drug-likeness (QED) is 0.385. The van der Waals surface area contributed by atoms with Crippen LogP contribution in [0.25, 0.3) is 38.5 Å². The van der Waals surface area contributed by atoms with Gasteiger partial charge in [0, 0.05) is 36.9 Å². The zero-order valence-corrected chi connectivity index (χ0v) is 20.0. The number of rotatable bonds is 4. The van der Waals surface area contributed by atoms with Gasteiger partial charge in [0.25, 0.3) is 11.5 Å². The SMILES string of the molecule is CCN(C(=O)c1nn(-c2ccccc2)c(=O)c2c1c1ccccc1n2C)c1ncnc2c1cnn2C. The summed E-state index contributed by atoms with van der Waals surface area (Å²) in [6.45, 7) is 2.20. The largest absolute Gasteiger partial charge is 0.339 e. The van der Waals surface area contributed by atoms with Gasteiger partial charge in [-0.05, 0) is 25.1 Å². The van der Waals surface area contributed by atoms with Gasteiger partial charge < -0.3 is 4.57 Å². The molecule has 0 spiro atoms. The first-order valence-corrected chi connectivity index (χ1v) is 11.5. The molecule has 0 aliphatic carbocycles. The molecule has 0 N–H and O–H groups in total. The summed E-state index contributed by atoms with van der Waals surface area (Å²) in [6, 6.07) is 16.7. The topological polar surface area (TPSA) is 104 Å². The lowest BCUT2D eigenvalue weighted by atomic mass is 10.1. The third-order valence-electron chi connectivity index (χ3n) is 6.47. The fraction of sp³-hybridized carbons (Fsp3) is 0.154. The molecule has 0 saturated heterocycles. The number of nitrogens with zero attached hydrogens (tertiary/aromatic N) is 8. The third-order valence-corrected chi connectivity index (χ3v) is 6.47. The van der Waals surface area contributed by atoms with Gasteiger partial charge in [-0.15, -0.1) is 0 Å². The molecule has 6 rings (SSSR count). The second-order valence-electron chi connectivity index (χ2n) is 8.45. The molecule has 10 heteroatoms. The molecule has 0 atom stereocenters. The highest BCUT2D eigenvalue weighted by Crippen LogP contribution is 2.30. The van der Waals surface area contributed by atoms with Crippen molar-refractivity contribution in [1.82, 2.24) is 34.1 Å². The highest BCUT2D eigenvalue weighted by atomic mass is 16.2. The van der Waals surface area contributed by atoms with E-state index in [2.05, 4.69) is 20.2 Å². The van der Waals surface area contributed by atoms with E-state index >= 15 is 0 Å². The summed E-state index contributed by atoms with van der Waals surface area (Å²) < 4.78 is 4.75. The number of para-hydroxylation sites is 2. The number of amides is 1. The lowest BCUT2D eigenvalue weighted by Gasteiger charge is -2.21. The van der Waals surface area contributed by atoms with Crippen molar-refractivity contribution in [3.05, 3.63) is 83.2 Å². The van der Waals surface area contributed by atoms with E-state index in [1.807, 2.05) is 61.0 Å². The van der Waals surface area contributed by atoms with Crippen LogP contribution in [0.2, 0.25) is 0 Å². The van der Waals surface area contributed by atoms with Gasteiger partial charge in [0.15, 0.2) is 11.3 Å². The zero-order valence-electron chi connectivity index (χ0n) is 20.0. The molecule has 0 aliphatic rings. The van der Waals surface area contributed by atoms with E-state index in [9.17, 15) is 9.59 Å². The van der Waals surface area contributed by atoms with Crippen LogP contribution in [-0.4, -0.2) is 46.5 Å². The van der Waals surface area contributed by atoms with Crippen LogP contribution in [0.1, 0.15) is 17.4 Å². The Bertz CT molecular complexity index is 1850. The molecule has 6 aromatic rings. The normalized spacial score (nSPS) is 11.5. The Balaban J connectivity index is 1.67. The molecule has 0 saturated carbocycles. The van der Waals surface area contributed by atoms with Crippen LogP contribution >= 0.6 is 0 Å². The van der Waals surface area contributed by atoms with Crippen molar-refractivity contribution in [3.8, 4) is 5.69 Å². The standard InChI is InChI=1S/C26H22N8O2/c1-4-33(24-18-14-29-32(3)23(18)27-15-28-24)25(35)21-20-17-12-8-9-13-19(17)31(2)22(20)26(36)34(30-21)16-10-6-5-7-11-16/h5-15H,4H2,1-3H3. The van der Waals surface area contributed by atoms with Crippen LogP contribution in [0.4, 0.5) is 5.82 Å². The van der Waals surface area contributed by atoms with Crippen molar-refractivity contribution in [2.45, 2.75) is 6.92 Å².